The second kappa shape index (κ2) is 6.92. The van der Waals surface area contributed by atoms with Gasteiger partial charge in [0.05, 0.1) is 5.54 Å². The first-order valence-corrected chi connectivity index (χ1v) is 7.92. The van der Waals surface area contributed by atoms with Crippen molar-refractivity contribution in [3.05, 3.63) is 24.3 Å². The van der Waals surface area contributed by atoms with E-state index in [-0.39, 0.29) is 17.7 Å². The molecular formula is C17H25N3O2. The lowest BCUT2D eigenvalue weighted by Gasteiger charge is -2.31. The van der Waals surface area contributed by atoms with Crippen LogP contribution in [0.15, 0.2) is 24.3 Å². The number of nitrogens with two attached hydrogens (primary N) is 1. The Morgan fingerprint density at radius 1 is 1.00 bits per heavy atom. The standard InChI is InChI=1S/C17H25N3O2/c1-12(2)15(21)19-13-6-8-14(9-7-13)20-16(22)17(18)10-4-3-5-11-17/h6-9,12H,3-5,10-11,18H2,1-2H3,(H,19,21)(H,20,22). The molecule has 0 saturated heterocycles. The monoisotopic (exact) mass is 303 g/mol. The molecule has 2 amide bonds. The molecule has 4 N–H and O–H groups in total. The van der Waals surface area contributed by atoms with Crippen LogP contribution in [0.2, 0.25) is 0 Å². The molecule has 0 radical (unpaired) electrons. The Morgan fingerprint density at radius 2 is 1.50 bits per heavy atom. The Morgan fingerprint density at radius 3 is 2.00 bits per heavy atom. The van der Waals surface area contributed by atoms with Crippen LogP contribution in [-0.2, 0) is 9.59 Å². The molecule has 0 spiro atoms. The fourth-order valence-corrected chi connectivity index (χ4v) is 2.59. The van der Waals surface area contributed by atoms with E-state index in [0.717, 1.165) is 37.8 Å². The minimum absolute atomic E-state index is 0.0279. The molecule has 0 heterocycles. The lowest BCUT2D eigenvalue weighted by atomic mass is 9.82. The summed E-state index contributed by atoms with van der Waals surface area (Å²) in [6.45, 7) is 3.68. The van der Waals surface area contributed by atoms with Gasteiger partial charge in [-0.15, -0.1) is 0 Å². The highest BCUT2D eigenvalue weighted by Crippen LogP contribution is 2.27. The van der Waals surface area contributed by atoms with Gasteiger partial charge in [-0.25, -0.2) is 0 Å². The smallest absolute Gasteiger partial charge is 0.244 e. The third kappa shape index (κ3) is 4.07. The average Bonchev–Trinajstić information content (AvgIpc) is 2.49. The fraction of sp³-hybridized carbons (Fsp3) is 0.529. The van der Waals surface area contributed by atoms with Gasteiger partial charge in [-0.3, -0.25) is 9.59 Å². The van der Waals surface area contributed by atoms with Gasteiger partial charge in [0, 0.05) is 17.3 Å². The number of amides is 2. The van der Waals surface area contributed by atoms with Gasteiger partial charge < -0.3 is 16.4 Å². The van der Waals surface area contributed by atoms with Crippen LogP contribution in [0.5, 0.6) is 0 Å². The number of nitrogens with one attached hydrogen (secondary N) is 2. The van der Waals surface area contributed by atoms with Crippen LogP contribution in [0, 0.1) is 5.92 Å². The van der Waals surface area contributed by atoms with Crippen LogP contribution in [0.25, 0.3) is 0 Å². The SMILES string of the molecule is CC(C)C(=O)Nc1ccc(NC(=O)C2(N)CCCCC2)cc1. The average molecular weight is 303 g/mol. The number of anilines is 2. The maximum absolute atomic E-state index is 12.3. The minimum atomic E-state index is -0.747. The molecule has 1 aromatic carbocycles. The topological polar surface area (TPSA) is 84.2 Å². The van der Waals surface area contributed by atoms with Gasteiger partial charge in [0.15, 0.2) is 0 Å². The van der Waals surface area contributed by atoms with E-state index in [9.17, 15) is 9.59 Å². The van der Waals surface area contributed by atoms with E-state index in [0.29, 0.717) is 5.69 Å². The second-order valence-corrected chi connectivity index (χ2v) is 6.39. The molecule has 0 aromatic heterocycles. The van der Waals surface area contributed by atoms with Gasteiger partial charge in [-0.2, -0.15) is 0 Å². The summed E-state index contributed by atoms with van der Waals surface area (Å²) in [7, 11) is 0. The van der Waals surface area contributed by atoms with Crippen LogP contribution < -0.4 is 16.4 Å². The minimum Gasteiger partial charge on any atom is -0.326 e. The van der Waals surface area contributed by atoms with E-state index in [2.05, 4.69) is 10.6 Å². The van der Waals surface area contributed by atoms with Crippen molar-refractivity contribution in [1.29, 1.82) is 0 Å². The van der Waals surface area contributed by atoms with Crippen LogP contribution in [0.1, 0.15) is 46.0 Å². The van der Waals surface area contributed by atoms with E-state index in [1.807, 2.05) is 13.8 Å². The molecule has 5 heteroatoms. The van der Waals surface area contributed by atoms with E-state index >= 15 is 0 Å². The number of carbonyl (C=O) groups excluding carboxylic acids is 2. The third-order valence-electron chi connectivity index (χ3n) is 4.13. The van der Waals surface area contributed by atoms with Crippen molar-refractivity contribution in [3.63, 3.8) is 0 Å². The van der Waals surface area contributed by atoms with Crippen molar-refractivity contribution >= 4 is 23.2 Å². The maximum Gasteiger partial charge on any atom is 0.244 e. The summed E-state index contributed by atoms with van der Waals surface area (Å²) in [4.78, 5) is 24.0. The zero-order valence-corrected chi connectivity index (χ0v) is 13.3. The first-order chi connectivity index (χ1) is 10.4. The van der Waals surface area contributed by atoms with Gasteiger partial charge in [-0.05, 0) is 37.1 Å². The molecule has 120 valence electrons. The fourth-order valence-electron chi connectivity index (χ4n) is 2.59. The lowest BCUT2D eigenvalue weighted by Crippen LogP contribution is -2.52. The van der Waals surface area contributed by atoms with Crippen LogP contribution in [0.3, 0.4) is 0 Å². The van der Waals surface area contributed by atoms with Gasteiger partial charge >= 0.3 is 0 Å². The summed E-state index contributed by atoms with van der Waals surface area (Å²) >= 11 is 0. The molecule has 2 rings (SSSR count). The summed E-state index contributed by atoms with van der Waals surface area (Å²) in [5.74, 6) is -0.214. The molecule has 1 aliphatic carbocycles. The van der Waals surface area contributed by atoms with Crippen molar-refractivity contribution in [1.82, 2.24) is 0 Å². The predicted molar refractivity (Wildman–Crippen MR) is 88.5 cm³/mol. The molecule has 1 fully saturated rings. The number of carbonyl (C=O) groups is 2. The summed E-state index contributed by atoms with van der Waals surface area (Å²) in [5, 5.41) is 5.70. The maximum atomic E-state index is 12.3. The summed E-state index contributed by atoms with van der Waals surface area (Å²) in [5.41, 5.74) is 6.88. The Labute approximate surface area is 131 Å². The quantitative estimate of drug-likeness (QED) is 0.799. The zero-order chi connectivity index (χ0) is 16.2. The largest absolute Gasteiger partial charge is 0.326 e. The normalized spacial score (nSPS) is 17.1. The predicted octanol–water partition coefficient (Wildman–Crippen LogP) is 2.88. The van der Waals surface area contributed by atoms with Crippen molar-refractivity contribution < 1.29 is 9.59 Å². The Bertz CT molecular complexity index is 531. The van der Waals surface area contributed by atoms with Crippen molar-refractivity contribution in [2.75, 3.05) is 10.6 Å². The number of hydrogen-bond acceptors (Lipinski definition) is 3. The van der Waals surface area contributed by atoms with E-state index < -0.39 is 5.54 Å². The first kappa shape index (κ1) is 16.5. The van der Waals surface area contributed by atoms with Crippen LogP contribution in [0.4, 0.5) is 11.4 Å². The zero-order valence-electron chi connectivity index (χ0n) is 13.3. The highest BCUT2D eigenvalue weighted by Gasteiger charge is 2.35. The molecule has 1 aliphatic rings. The number of rotatable bonds is 4. The van der Waals surface area contributed by atoms with Crippen molar-refractivity contribution in [3.8, 4) is 0 Å². The molecule has 1 saturated carbocycles. The van der Waals surface area contributed by atoms with Crippen LogP contribution in [-0.4, -0.2) is 17.4 Å². The van der Waals surface area contributed by atoms with E-state index in [1.54, 1.807) is 24.3 Å². The molecular weight excluding hydrogens is 278 g/mol. The third-order valence-corrected chi connectivity index (χ3v) is 4.13. The Hall–Kier alpha value is -1.88. The summed E-state index contributed by atoms with van der Waals surface area (Å²) in [6, 6.07) is 7.11. The molecule has 5 nitrogen and oxygen atoms in total. The number of benzene rings is 1. The summed E-state index contributed by atoms with van der Waals surface area (Å²) in [6.07, 6.45) is 4.63. The highest BCUT2D eigenvalue weighted by atomic mass is 16.2. The Kier molecular flexibility index (Phi) is 5.19. The molecule has 0 unspecified atom stereocenters. The second-order valence-electron chi connectivity index (χ2n) is 6.39. The van der Waals surface area contributed by atoms with Gasteiger partial charge in [-0.1, -0.05) is 33.1 Å². The van der Waals surface area contributed by atoms with E-state index in [4.69, 9.17) is 5.73 Å². The molecule has 1 aromatic rings. The van der Waals surface area contributed by atoms with E-state index in [1.165, 1.54) is 0 Å². The number of hydrogen-bond donors (Lipinski definition) is 3. The molecule has 0 bridgehead atoms. The van der Waals surface area contributed by atoms with Crippen LogP contribution >= 0.6 is 0 Å². The van der Waals surface area contributed by atoms with Gasteiger partial charge in [0.25, 0.3) is 0 Å². The molecule has 22 heavy (non-hydrogen) atoms. The lowest BCUT2D eigenvalue weighted by molar-refractivity contribution is -0.122. The summed E-state index contributed by atoms with van der Waals surface area (Å²) < 4.78 is 0. The Balaban J connectivity index is 1.96. The van der Waals surface area contributed by atoms with Crippen molar-refractivity contribution in [2.45, 2.75) is 51.5 Å². The first-order valence-electron chi connectivity index (χ1n) is 7.92. The molecule has 0 aliphatic heterocycles. The van der Waals surface area contributed by atoms with Crippen molar-refractivity contribution in [2.24, 2.45) is 11.7 Å². The molecule has 0 atom stereocenters. The van der Waals surface area contributed by atoms with Gasteiger partial charge in [0.1, 0.15) is 0 Å². The van der Waals surface area contributed by atoms with Gasteiger partial charge in [0.2, 0.25) is 11.8 Å². The highest BCUT2D eigenvalue weighted by molar-refractivity contribution is 5.98.